The van der Waals surface area contributed by atoms with E-state index in [0.29, 0.717) is 22.2 Å². The first-order valence-electron chi connectivity index (χ1n) is 5.57. The van der Waals surface area contributed by atoms with Gasteiger partial charge in [0.05, 0.1) is 18.2 Å². The number of carbonyl (C=O) groups is 2. The first kappa shape index (κ1) is 11.3. The number of H-pyrrole nitrogens is 1. The number of hydrogen-bond acceptors (Lipinski definition) is 4. The minimum absolute atomic E-state index is 0.0236. The molecule has 1 aromatic heterocycles. The number of aromatic nitrogens is 1. The zero-order valence-corrected chi connectivity index (χ0v) is 9.98. The van der Waals surface area contributed by atoms with Gasteiger partial charge in [0.15, 0.2) is 5.76 Å². The highest BCUT2D eigenvalue weighted by Gasteiger charge is 2.32. The fraction of sp³-hybridized carbons (Fsp3) is 0.0769. The normalized spacial score (nSPS) is 15.2. The summed E-state index contributed by atoms with van der Waals surface area (Å²) in [6, 6.07) is 5.32. The molecule has 0 atom stereocenters. The van der Waals surface area contributed by atoms with Gasteiger partial charge in [0.2, 0.25) is 0 Å². The van der Waals surface area contributed by atoms with Gasteiger partial charge < -0.3 is 14.8 Å². The predicted octanol–water partition coefficient (Wildman–Crippen LogP) is 1.10. The Kier molecular flexibility index (Phi) is 2.31. The van der Waals surface area contributed by atoms with Gasteiger partial charge in [0, 0.05) is 17.1 Å². The van der Waals surface area contributed by atoms with Crippen molar-refractivity contribution in [2.24, 2.45) is 0 Å². The molecule has 0 bridgehead atoms. The third-order valence-electron chi connectivity index (χ3n) is 3.07. The third kappa shape index (κ3) is 1.50. The van der Waals surface area contributed by atoms with Gasteiger partial charge in [-0.1, -0.05) is 12.1 Å². The first-order valence-corrected chi connectivity index (χ1v) is 5.57. The molecule has 2 heterocycles. The number of amides is 2. The van der Waals surface area contributed by atoms with Crippen molar-refractivity contribution in [1.29, 1.82) is 0 Å². The van der Waals surface area contributed by atoms with Gasteiger partial charge in [0.25, 0.3) is 11.8 Å². The first-order chi connectivity index (χ1) is 9.13. The largest absolute Gasteiger partial charge is 0.502 e. The maximum absolute atomic E-state index is 11.7. The van der Waals surface area contributed by atoms with Crippen LogP contribution in [0.2, 0.25) is 0 Å². The van der Waals surface area contributed by atoms with Crippen molar-refractivity contribution in [3.63, 3.8) is 0 Å². The molecule has 3 N–H and O–H groups in total. The molecule has 0 radical (unpaired) electrons. The van der Waals surface area contributed by atoms with E-state index in [-0.39, 0.29) is 5.57 Å². The highest BCUT2D eigenvalue weighted by atomic mass is 16.5. The Morgan fingerprint density at radius 1 is 1.21 bits per heavy atom. The third-order valence-corrected chi connectivity index (χ3v) is 3.07. The summed E-state index contributed by atoms with van der Waals surface area (Å²) in [6.07, 6.45) is 1.57. The van der Waals surface area contributed by atoms with Crippen molar-refractivity contribution in [3.8, 4) is 5.75 Å². The van der Waals surface area contributed by atoms with E-state index < -0.39 is 17.6 Å². The molecule has 0 spiro atoms. The number of hydrogen-bond donors (Lipinski definition) is 3. The van der Waals surface area contributed by atoms with E-state index in [9.17, 15) is 14.7 Å². The number of methoxy groups -OCH3 is 1. The number of aliphatic hydroxyl groups excluding tert-OH is 1. The summed E-state index contributed by atoms with van der Waals surface area (Å²) >= 11 is 0. The molecule has 6 heteroatoms. The summed E-state index contributed by atoms with van der Waals surface area (Å²) in [4.78, 5) is 26.0. The number of carbonyl (C=O) groups excluding carboxylic acids is 2. The van der Waals surface area contributed by atoms with E-state index in [0.717, 1.165) is 0 Å². The Balaban J connectivity index is 2.28. The Morgan fingerprint density at radius 3 is 2.63 bits per heavy atom. The number of benzene rings is 1. The smallest absolute Gasteiger partial charge is 0.293 e. The molecule has 0 fully saturated rings. The molecule has 1 aliphatic rings. The summed E-state index contributed by atoms with van der Waals surface area (Å²) in [7, 11) is 1.54. The monoisotopic (exact) mass is 258 g/mol. The van der Waals surface area contributed by atoms with Crippen LogP contribution >= 0.6 is 0 Å². The number of nitrogens with one attached hydrogen (secondary N) is 2. The fourth-order valence-electron chi connectivity index (χ4n) is 2.20. The van der Waals surface area contributed by atoms with Crippen molar-refractivity contribution < 1.29 is 19.4 Å². The minimum atomic E-state index is -0.780. The molecule has 0 saturated heterocycles. The number of aliphatic hydroxyl groups is 1. The number of rotatable bonds is 2. The summed E-state index contributed by atoms with van der Waals surface area (Å²) in [5, 5.41) is 12.4. The lowest BCUT2D eigenvalue weighted by Crippen LogP contribution is -2.22. The van der Waals surface area contributed by atoms with Crippen LogP contribution in [0.25, 0.3) is 16.5 Å². The van der Waals surface area contributed by atoms with E-state index in [2.05, 4.69) is 10.3 Å². The van der Waals surface area contributed by atoms with Gasteiger partial charge in [-0.15, -0.1) is 0 Å². The Bertz CT molecular complexity index is 742. The maximum Gasteiger partial charge on any atom is 0.293 e. The quantitative estimate of drug-likeness (QED) is 0.703. The van der Waals surface area contributed by atoms with Crippen molar-refractivity contribution in [1.82, 2.24) is 10.3 Å². The second-order valence-corrected chi connectivity index (χ2v) is 4.09. The van der Waals surface area contributed by atoms with Crippen molar-refractivity contribution in [2.45, 2.75) is 0 Å². The number of fused-ring (bicyclic) bond motifs is 1. The second-order valence-electron chi connectivity index (χ2n) is 4.09. The van der Waals surface area contributed by atoms with Crippen LogP contribution in [0, 0.1) is 0 Å². The molecule has 0 aliphatic carbocycles. The standard InChI is InChI=1S/C13H10N2O4/c1-19-8-4-2-3-6-7(5-14-10(6)8)9-11(16)13(18)15-12(9)17/h2-5,14H,1H3,(H2,15,16,17,18). The van der Waals surface area contributed by atoms with Crippen LogP contribution in [0.5, 0.6) is 5.75 Å². The van der Waals surface area contributed by atoms with Crippen LogP contribution in [-0.2, 0) is 9.59 Å². The van der Waals surface area contributed by atoms with E-state index in [1.807, 2.05) is 0 Å². The second kappa shape index (κ2) is 3.88. The highest BCUT2D eigenvalue weighted by molar-refractivity contribution is 6.36. The maximum atomic E-state index is 11.7. The van der Waals surface area contributed by atoms with Crippen LogP contribution < -0.4 is 10.1 Å². The minimum Gasteiger partial charge on any atom is -0.502 e. The number of ether oxygens (including phenoxy) is 1. The molecule has 1 aliphatic heterocycles. The molecule has 0 saturated carbocycles. The summed E-state index contributed by atoms with van der Waals surface area (Å²) in [6.45, 7) is 0. The van der Waals surface area contributed by atoms with Gasteiger partial charge in [-0.2, -0.15) is 0 Å². The zero-order chi connectivity index (χ0) is 13.6. The summed E-state index contributed by atoms with van der Waals surface area (Å²) in [5.74, 6) is -1.33. The van der Waals surface area contributed by atoms with Crippen LogP contribution in [0.1, 0.15) is 5.56 Å². The summed E-state index contributed by atoms with van der Waals surface area (Å²) in [5.41, 5.74) is 1.15. The average Bonchev–Trinajstić information content (AvgIpc) is 2.92. The zero-order valence-electron chi connectivity index (χ0n) is 9.98. The number of imide groups is 1. The Hall–Kier alpha value is -2.76. The molecular formula is C13H10N2O4. The lowest BCUT2D eigenvalue weighted by atomic mass is 10.0. The lowest BCUT2D eigenvalue weighted by Gasteiger charge is -2.02. The molecule has 19 heavy (non-hydrogen) atoms. The van der Waals surface area contributed by atoms with E-state index >= 15 is 0 Å². The van der Waals surface area contributed by atoms with Crippen molar-refractivity contribution >= 4 is 28.3 Å². The van der Waals surface area contributed by atoms with Gasteiger partial charge in [-0.3, -0.25) is 14.9 Å². The van der Waals surface area contributed by atoms with E-state index in [1.165, 1.54) is 7.11 Å². The fourth-order valence-corrected chi connectivity index (χ4v) is 2.20. The molecule has 3 rings (SSSR count). The molecule has 0 unspecified atom stereocenters. The van der Waals surface area contributed by atoms with Gasteiger partial charge in [-0.25, -0.2) is 0 Å². The Labute approximate surface area is 107 Å². The summed E-state index contributed by atoms with van der Waals surface area (Å²) < 4.78 is 5.20. The molecule has 2 amide bonds. The van der Waals surface area contributed by atoms with Gasteiger partial charge in [0.1, 0.15) is 5.75 Å². The highest BCUT2D eigenvalue weighted by Crippen LogP contribution is 2.33. The molecular weight excluding hydrogens is 248 g/mol. The molecule has 6 nitrogen and oxygen atoms in total. The van der Waals surface area contributed by atoms with Gasteiger partial charge in [-0.05, 0) is 6.07 Å². The predicted molar refractivity (Wildman–Crippen MR) is 67.5 cm³/mol. The Morgan fingerprint density at radius 2 is 2.00 bits per heavy atom. The SMILES string of the molecule is COc1cccc2c(C3=C(O)C(=O)NC3=O)c[nH]c12. The van der Waals surface area contributed by atoms with Crippen LogP contribution in [0.3, 0.4) is 0 Å². The van der Waals surface area contributed by atoms with E-state index in [4.69, 9.17) is 4.74 Å². The van der Waals surface area contributed by atoms with Crippen molar-refractivity contribution in [2.75, 3.05) is 7.11 Å². The topological polar surface area (TPSA) is 91.4 Å². The lowest BCUT2D eigenvalue weighted by molar-refractivity contribution is -0.124. The number of para-hydroxylation sites is 1. The van der Waals surface area contributed by atoms with Crippen LogP contribution in [0.15, 0.2) is 30.2 Å². The molecule has 1 aromatic carbocycles. The molecule has 96 valence electrons. The van der Waals surface area contributed by atoms with E-state index in [1.54, 1.807) is 24.4 Å². The van der Waals surface area contributed by atoms with Crippen LogP contribution in [-0.4, -0.2) is 29.0 Å². The van der Waals surface area contributed by atoms with Crippen LogP contribution in [0.4, 0.5) is 0 Å². The molecule has 2 aromatic rings. The average molecular weight is 258 g/mol. The number of aromatic amines is 1. The van der Waals surface area contributed by atoms with Crippen molar-refractivity contribution in [3.05, 3.63) is 35.7 Å². The van der Waals surface area contributed by atoms with Gasteiger partial charge >= 0.3 is 0 Å².